The van der Waals surface area contributed by atoms with E-state index in [1.54, 1.807) is 0 Å². The summed E-state index contributed by atoms with van der Waals surface area (Å²) < 4.78 is 21.5. The molecule has 0 atom stereocenters. The van der Waals surface area contributed by atoms with Crippen molar-refractivity contribution < 1.29 is 114 Å². The SMILES string of the molecule is O=C([O-])C(O)(F)F.[Li+].[Li+].[Li+].[Li+].[O-]B([O-])[O-]. The van der Waals surface area contributed by atoms with Crippen LogP contribution in [0.2, 0.25) is 0 Å². The minimum atomic E-state index is -4.69. The second-order valence-electron chi connectivity index (χ2n) is 1.12. The molecule has 0 amide bonds. The number of carbonyl (C=O) groups excluding carboxylic acids is 1. The van der Waals surface area contributed by atoms with Crippen molar-refractivity contribution in [3.8, 4) is 0 Å². The van der Waals surface area contributed by atoms with Crippen LogP contribution in [-0.2, 0) is 4.79 Å². The minimum absolute atomic E-state index is 0. The van der Waals surface area contributed by atoms with Crippen LogP contribution in [0.5, 0.6) is 0 Å². The number of carbonyl (C=O) groups is 1. The minimum Gasteiger partial charge on any atom is -0.907 e. The molecule has 0 fully saturated rings. The fourth-order valence-corrected chi connectivity index (χ4v) is 0. The number of carboxylic acids is 1. The molecule has 66 valence electrons. The van der Waals surface area contributed by atoms with E-state index in [2.05, 4.69) is 0 Å². The van der Waals surface area contributed by atoms with Crippen molar-refractivity contribution in [2.24, 2.45) is 0 Å². The Balaban J connectivity index is -0.0000000230. The molecule has 0 rings (SSSR count). The quantitative estimate of drug-likeness (QED) is 0.416. The third-order valence-electron chi connectivity index (χ3n) is 0.246. The molecule has 0 aliphatic carbocycles. The molecule has 0 unspecified atom stereocenters. The number of rotatable bonds is 1. The Kier molecular flexibility index (Phi) is 43.1. The summed E-state index contributed by atoms with van der Waals surface area (Å²) in [6, 6.07) is 0. The van der Waals surface area contributed by atoms with E-state index in [4.69, 9.17) is 30.1 Å². The van der Waals surface area contributed by atoms with Crippen molar-refractivity contribution in [3.05, 3.63) is 0 Å². The summed E-state index contributed by atoms with van der Waals surface area (Å²) in [7, 11) is -2.92. The maximum Gasteiger partial charge on any atom is 1.00 e. The van der Waals surface area contributed by atoms with Gasteiger partial charge < -0.3 is 30.1 Å². The molecule has 6 nitrogen and oxygen atoms in total. The van der Waals surface area contributed by atoms with E-state index in [1.165, 1.54) is 0 Å². The number of aliphatic carboxylic acids is 1. The molecule has 13 heteroatoms. The van der Waals surface area contributed by atoms with E-state index >= 15 is 0 Å². The normalized spacial score (nSPS) is 7.07. The van der Waals surface area contributed by atoms with Crippen molar-refractivity contribution in [2.75, 3.05) is 0 Å². The maximum atomic E-state index is 10.7. The molecule has 0 bridgehead atoms. The van der Waals surface area contributed by atoms with Crippen LogP contribution in [0.4, 0.5) is 8.78 Å². The van der Waals surface area contributed by atoms with E-state index in [0.29, 0.717) is 0 Å². The summed E-state index contributed by atoms with van der Waals surface area (Å²) in [5.41, 5.74) is 0. The van der Waals surface area contributed by atoms with Gasteiger partial charge in [-0.25, -0.2) is 0 Å². The second-order valence-corrected chi connectivity index (χ2v) is 1.12. The molecule has 0 aliphatic heterocycles. The zero-order chi connectivity index (χ0) is 9.65. The Morgan fingerprint density at radius 3 is 1.13 bits per heavy atom. The zero-order valence-corrected chi connectivity index (χ0v) is 8.82. The van der Waals surface area contributed by atoms with Crippen LogP contribution in [0.25, 0.3) is 0 Å². The van der Waals surface area contributed by atoms with E-state index in [9.17, 15) is 8.78 Å². The number of aliphatic hydroxyl groups is 1. The van der Waals surface area contributed by atoms with Gasteiger partial charge in [-0.15, -0.1) is 0 Å². The summed E-state index contributed by atoms with van der Waals surface area (Å²) in [6.45, 7) is 0. The van der Waals surface area contributed by atoms with Crippen molar-refractivity contribution in [1.82, 2.24) is 0 Å². The van der Waals surface area contributed by atoms with Crippen LogP contribution in [0.1, 0.15) is 0 Å². The predicted octanol–water partition coefficient (Wildman–Crippen LogP) is -17.6. The van der Waals surface area contributed by atoms with E-state index in [-0.39, 0.29) is 75.4 Å². The molecule has 0 saturated heterocycles. The largest absolute Gasteiger partial charge is 1.00 e. The third kappa shape index (κ3) is 49.9. The first kappa shape index (κ1) is 36.0. The summed E-state index contributed by atoms with van der Waals surface area (Å²) in [5.74, 6) is -2.78. The molecule has 1 N–H and O–H groups in total. The van der Waals surface area contributed by atoms with Crippen LogP contribution in [0.15, 0.2) is 0 Å². The topological polar surface area (TPSA) is 130 Å². The molecule has 0 spiro atoms. The van der Waals surface area contributed by atoms with Crippen molar-refractivity contribution in [1.29, 1.82) is 0 Å². The van der Waals surface area contributed by atoms with Crippen molar-refractivity contribution in [2.45, 2.75) is 6.11 Å². The maximum absolute atomic E-state index is 10.7. The third-order valence-corrected chi connectivity index (χ3v) is 0.246. The summed E-state index contributed by atoms with van der Waals surface area (Å²) in [6.07, 6.45) is -4.69. The fraction of sp³-hybridized carbons (Fsp3) is 0.500. The molecule has 15 heavy (non-hydrogen) atoms. The average molecular weight is 198 g/mol. The number of carboxylic acid groups (broad SMARTS) is 1. The molecular weight excluding hydrogens is 197 g/mol. The molecule has 0 aromatic heterocycles. The first-order valence-electron chi connectivity index (χ1n) is 1.97. The van der Waals surface area contributed by atoms with E-state index in [1.807, 2.05) is 0 Å². The van der Waals surface area contributed by atoms with Gasteiger partial charge in [0.1, 0.15) is 5.97 Å². The van der Waals surface area contributed by atoms with Gasteiger partial charge in [0.15, 0.2) is 0 Å². The predicted molar refractivity (Wildman–Crippen MR) is 17.9 cm³/mol. The zero-order valence-electron chi connectivity index (χ0n) is 8.82. The Hall–Kier alpha value is 1.62. The van der Waals surface area contributed by atoms with Gasteiger partial charge in [-0.3, -0.25) is 7.32 Å². The van der Waals surface area contributed by atoms with Crippen LogP contribution < -0.4 is 95.6 Å². The van der Waals surface area contributed by atoms with Gasteiger partial charge in [-0.05, 0) is 0 Å². The number of halogens is 2. The standard InChI is InChI=1S/C2H2F2O3.BO3.4Li/c3-2(4,7)1(5)6;2-1(3)4;;;;/h7H,(H,5,6);;;;;/q;-3;4*+1/p-1. The van der Waals surface area contributed by atoms with Gasteiger partial charge in [-0.2, -0.15) is 8.78 Å². The van der Waals surface area contributed by atoms with Gasteiger partial charge in [-0.1, -0.05) is 0 Å². The van der Waals surface area contributed by atoms with Gasteiger partial charge in [0.05, 0.1) is 0 Å². The van der Waals surface area contributed by atoms with Crippen molar-refractivity contribution in [3.63, 3.8) is 0 Å². The monoisotopic (exact) mass is 198 g/mol. The van der Waals surface area contributed by atoms with Crippen LogP contribution in [-0.4, -0.2) is 24.5 Å². The Morgan fingerprint density at radius 2 is 1.13 bits per heavy atom. The smallest absolute Gasteiger partial charge is 0.907 e. The Labute approximate surface area is 133 Å². The first-order valence-corrected chi connectivity index (χ1v) is 1.97. The van der Waals surface area contributed by atoms with E-state index in [0.717, 1.165) is 0 Å². The molecule has 0 radical (unpaired) electrons. The molecule has 0 aromatic rings. The molecule has 0 heterocycles. The van der Waals surface area contributed by atoms with Crippen molar-refractivity contribution >= 4 is 13.3 Å². The number of hydrogen-bond acceptors (Lipinski definition) is 6. The van der Waals surface area contributed by atoms with E-state index < -0.39 is 19.4 Å². The molecular formula is C2HBF2Li4O6. The van der Waals surface area contributed by atoms with Crippen LogP contribution in [0, 0.1) is 0 Å². The Morgan fingerprint density at radius 1 is 1.07 bits per heavy atom. The fourth-order valence-electron chi connectivity index (χ4n) is 0. The summed E-state index contributed by atoms with van der Waals surface area (Å²) in [4.78, 5) is 8.91. The Bertz CT molecular complexity index is 130. The van der Waals surface area contributed by atoms with Gasteiger partial charge >= 0.3 is 81.6 Å². The molecule has 0 saturated carbocycles. The van der Waals surface area contributed by atoms with Crippen LogP contribution >= 0.6 is 0 Å². The summed E-state index contributed by atoms with van der Waals surface area (Å²) >= 11 is 0. The second kappa shape index (κ2) is 18.0. The van der Waals surface area contributed by atoms with Crippen LogP contribution in [0.3, 0.4) is 0 Å². The average Bonchev–Trinajstić information content (AvgIpc) is 1.59. The summed E-state index contributed by atoms with van der Waals surface area (Å²) in [5, 5.41) is 41.3. The molecule has 0 aliphatic rings. The number of hydrogen-bond donors (Lipinski definition) is 1. The number of alkyl halides is 2. The molecule has 0 aromatic carbocycles. The van der Waals surface area contributed by atoms with Gasteiger partial charge in [0.2, 0.25) is 0 Å². The first-order chi connectivity index (χ1) is 4.68. The van der Waals surface area contributed by atoms with Gasteiger partial charge in [0, 0.05) is 0 Å². The van der Waals surface area contributed by atoms with Gasteiger partial charge in [0.25, 0.3) is 0 Å².